The number of para-hydroxylation sites is 1. The molecule has 3 rings (SSSR count). The Labute approximate surface area is 236 Å². The summed E-state index contributed by atoms with van der Waals surface area (Å²) >= 11 is 12.5. The Morgan fingerprint density at radius 2 is 1.79 bits per heavy atom. The molecular formula is C28H37Cl2N3O4S. The highest BCUT2D eigenvalue weighted by Crippen LogP contribution is 2.26. The number of anilines is 1. The van der Waals surface area contributed by atoms with E-state index < -0.39 is 16.1 Å². The largest absolute Gasteiger partial charge is 0.352 e. The van der Waals surface area contributed by atoms with Crippen molar-refractivity contribution in [3.8, 4) is 0 Å². The van der Waals surface area contributed by atoms with Crippen molar-refractivity contribution in [1.82, 2.24) is 10.2 Å². The number of halogens is 2. The maximum absolute atomic E-state index is 13.6. The van der Waals surface area contributed by atoms with Crippen molar-refractivity contribution in [2.45, 2.75) is 77.4 Å². The topological polar surface area (TPSA) is 86.8 Å². The van der Waals surface area contributed by atoms with Crippen LogP contribution in [0, 0.1) is 6.92 Å². The minimum atomic E-state index is -3.55. The zero-order valence-corrected chi connectivity index (χ0v) is 24.6. The Morgan fingerprint density at radius 3 is 2.39 bits per heavy atom. The second-order valence-corrected chi connectivity index (χ2v) is 12.6. The van der Waals surface area contributed by atoms with Gasteiger partial charge in [-0.2, -0.15) is 0 Å². The molecule has 1 aliphatic rings. The fourth-order valence-electron chi connectivity index (χ4n) is 4.95. The number of amides is 2. The van der Waals surface area contributed by atoms with Gasteiger partial charge in [-0.15, -0.1) is 0 Å². The molecule has 0 aliphatic heterocycles. The number of nitrogens with zero attached hydrogens (tertiary/aromatic N) is 2. The van der Waals surface area contributed by atoms with Gasteiger partial charge < -0.3 is 10.2 Å². The third kappa shape index (κ3) is 8.10. The first-order chi connectivity index (χ1) is 18.0. The number of nitrogens with one attached hydrogen (secondary N) is 1. The Balaban J connectivity index is 1.79. The molecule has 2 amide bonds. The lowest BCUT2D eigenvalue weighted by molar-refractivity contribution is -0.141. The van der Waals surface area contributed by atoms with E-state index in [1.807, 2.05) is 26.0 Å². The predicted octanol–water partition coefficient (Wildman–Crippen LogP) is 5.71. The molecule has 2 aromatic rings. The third-order valence-corrected chi connectivity index (χ3v) is 8.75. The highest BCUT2D eigenvalue weighted by atomic mass is 35.5. The lowest BCUT2D eigenvalue weighted by Gasteiger charge is -2.32. The molecule has 1 saturated carbocycles. The van der Waals surface area contributed by atoms with Gasteiger partial charge in [0.05, 0.1) is 11.9 Å². The fourth-order valence-corrected chi connectivity index (χ4v) is 6.44. The molecule has 1 fully saturated rings. The van der Waals surface area contributed by atoms with Gasteiger partial charge in [0.25, 0.3) is 0 Å². The van der Waals surface area contributed by atoms with E-state index in [9.17, 15) is 18.0 Å². The molecule has 1 N–H and O–H groups in total. The molecule has 0 saturated heterocycles. The number of benzene rings is 2. The quantitative estimate of drug-likeness (QED) is 0.347. The molecule has 7 nitrogen and oxygen atoms in total. The van der Waals surface area contributed by atoms with Crippen LogP contribution >= 0.6 is 23.2 Å². The molecule has 1 atom stereocenters. The lowest BCUT2D eigenvalue weighted by atomic mass is 10.1. The van der Waals surface area contributed by atoms with E-state index in [0.29, 0.717) is 34.1 Å². The van der Waals surface area contributed by atoms with Crippen LogP contribution in [0.3, 0.4) is 0 Å². The molecule has 2 aromatic carbocycles. The summed E-state index contributed by atoms with van der Waals surface area (Å²) in [5.74, 6) is -0.404. The normalized spacial score (nSPS) is 14.8. The van der Waals surface area contributed by atoms with Crippen molar-refractivity contribution in [2.24, 2.45) is 0 Å². The van der Waals surface area contributed by atoms with Crippen molar-refractivity contribution in [1.29, 1.82) is 0 Å². The summed E-state index contributed by atoms with van der Waals surface area (Å²) in [5.41, 5.74) is 2.11. The Kier molecular flexibility index (Phi) is 10.9. The Bertz CT molecular complexity index is 1230. The van der Waals surface area contributed by atoms with Crippen LogP contribution in [-0.4, -0.2) is 50.0 Å². The number of carbonyl (C=O) groups excluding carboxylic acids is 2. The smallest absolute Gasteiger partial charge is 0.243 e. The van der Waals surface area contributed by atoms with Gasteiger partial charge in [0.2, 0.25) is 21.8 Å². The van der Waals surface area contributed by atoms with Crippen molar-refractivity contribution < 1.29 is 18.0 Å². The van der Waals surface area contributed by atoms with E-state index in [0.717, 1.165) is 37.5 Å². The average molecular weight is 583 g/mol. The van der Waals surface area contributed by atoms with E-state index in [4.69, 9.17) is 23.2 Å². The zero-order chi connectivity index (χ0) is 27.9. The van der Waals surface area contributed by atoms with Crippen LogP contribution in [-0.2, 0) is 26.2 Å². The SMILES string of the molecule is CCC(C(=O)NC1CCCC1)N(Cc1ccc(Cl)cc1Cl)C(=O)CCCN(c1ccccc1C)S(C)(=O)=O. The summed E-state index contributed by atoms with van der Waals surface area (Å²) in [6, 6.07) is 11.8. The molecule has 10 heteroatoms. The molecule has 1 aliphatic carbocycles. The van der Waals surface area contributed by atoms with Crippen LogP contribution < -0.4 is 9.62 Å². The van der Waals surface area contributed by atoms with Crippen molar-refractivity contribution >= 4 is 50.7 Å². The van der Waals surface area contributed by atoms with Crippen molar-refractivity contribution in [3.63, 3.8) is 0 Å². The van der Waals surface area contributed by atoms with Crippen molar-refractivity contribution in [2.75, 3.05) is 17.1 Å². The monoisotopic (exact) mass is 581 g/mol. The maximum Gasteiger partial charge on any atom is 0.243 e. The molecule has 208 valence electrons. The first kappa shape index (κ1) is 30.3. The number of hydrogen-bond donors (Lipinski definition) is 1. The highest BCUT2D eigenvalue weighted by molar-refractivity contribution is 7.92. The summed E-state index contributed by atoms with van der Waals surface area (Å²) in [7, 11) is -3.55. The van der Waals surface area contributed by atoms with E-state index in [1.54, 1.807) is 35.2 Å². The molecule has 0 spiro atoms. The van der Waals surface area contributed by atoms with Gasteiger partial charge in [-0.3, -0.25) is 13.9 Å². The van der Waals surface area contributed by atoms with Gasteiger partial charge in [0, 0.05) is 35.6 Å². The van der Waals surface area contributed by atoms with Gasteiger partial charge in [-0.1, -0.05) is 67.2 Å². The molecule has 0 heterocycles. The van der Waals surface area contributed by atoms with Crippen LogP contribution in [0.5, 0.6) is 0 Å². The van der Waals surface area contributed by atoms with Crippen LogP contribution in [0.2, 0.25) is 10.0 Å². The maximum atomic E-state index is 13.6. The number of hydrogen-bond acceptors (Lipinski definition) is 4. The van der Waals surface area contributed by atoms with Crippen molar-refractivity contribution in [3.05, 3.63) is 63.6 Å². The first-order valence-electron chi connectivity index (χ1n) is 13.1. The summed E-state index contributed by atoms with van der Waals surface area (Å²) in [6.45, 7) is 4.03. The fraction of sp³-hybridized carbons (Fsp3) is 0.500. The predicted molar refractivity (Wildman–Crippen MR) is 154 cm³/mol. The standard InChI is InChI=1S/C28H37Cl2N3O4S/c1-4-25(28(35)31-23-11-6-7-12-23)32(19-21-15-16-22(29)18-24(21)30)27(34)14-9-17-33(38(3,36)37)26-13-8-5-10-20(26)2/h5,8,10,13,15-16,18,23,25H,4,6-7,9,11-12,14,17,19H2,1-3H3,(H,31,35). The molecule has 38 heavy (non-hydrogen) atoms. The van der Waals surface area contributed by atoms with Crippen LogP contribution in [0.25, 0.3) is 0 Å². The van der Waals surface area contributed by atoms with E-state index in [1.165, 1.54) is 4.31 Å². The van der Waals surface area contributed by atoms with Gasteiger partial charge in [-0.05, 0) is 61.9 Å². The molecular weight excluding hydrogens is 545 g/mol. The summed E-state index contributed by atoms with van der Waals surface area (Å²) in [6.07, 6.45) is 6.04. The first-order valence-corrected chi connectivity index (χ1v) is 15.7. The van der Waals surface area contributed by atoms with Gasteiger partial charge in [0.1, 0.15) is 6.04 Å². The summed E-state index contributed by atoms with van der Waals surface area (Å²) in [5, 5.41) is 4.03. The summed E-state index contributed by atoms with van der Waals surface area (Å²) in [4.78, 5) is 28.5. The number of carbonyl (C=O) groups is 2. The minimum Gasteiger partial charge on any atom is -0.352 e. The molecule has 1 unspecified atom stereocenters. The summed E-state index contributed by atoms with van der Waals surface area (Å²) < 4.78 is 26.5. The number of rotatable bonds is 12. The van der Waals surface area contributed by atoms with Gasteiger partial charge in [-0.25, -0.2) is 8.42 Å². The van der Waals surface area contributed by atoms with Crippen LogP contribution in [0.1, 0.15) is 63.0 Å². The zero-order valence-electron chi connectivity index (χ0n) is 22.3. The Hall–Kier alpha value is -2.29. The minimum absolute atomic E-state index is 0.0797. The Morgan fingerprint density at radius 1 is 1.11 bits per heavy atom. The van der Waals surface area contributed by atoms with Gasteiger partial charge >= 0.3 is 0 Å². The second-order valence-electron chi connectivity index (χ2n) is 9.90. The van der Waals surface area contributed by atoms with E-state index >= 15 is 0 Å². The van der Waals surface area contributed by atoms with Crippen LogP contribution in [0.15, 0.2) is 42.5 Å². The van der Waals surface area contributed by atoms with E-state index in [-0.39, 0.29) is 37.4 Å². The third-order valence-electron chi connectivity index (χ3n) is 6.98. The second kappa shape index (κ2) is 13.7. The number of aryl methyl sites for hydroxylation is 1. The van der Waals surface area contributed by atoms with Crippen LogP contribution in [0.4, 0.5) is 5.69 Å². The average Bonchev–Trinajstić information content (AvgIpc) is 3.36. The lowest BCUT2D eigenvalue weighted by Crippen LogP contribution is -2.51. The molecule has 0 bridgehead atoms. The molecule has 0 aromatic heterocycles. The molecule has 0 radical (unpaired) electrons. The van der Waals surface area contributed by atoms with Gasteiger partial charge in [0.15, 0.2) is 0 Å². The number of sulfonamides is 1. The van der Waals surface area contributed by atoms with E-state index in [2.05, 4.69) is 5.32 Å². The highest BCUT2D eigenvalue weighted by Gasteiger charge is 2.31.